The summed E-state index contributed by atoms with van der Waals surface area (Å²) in [6.07, 6.45) is 0.524. The number of halogens is 1. The summed E-state index contributed by atoms with van der Waals surface area (Å²) in [5.74, 6) is 0.881. The Labute approximate surface area is 107 Å². The molecule has 1 aromatic carbocycles. The summed E-state index contributed by atoms with van der Waals surface area (Å²) in [5.41, 5.74) is 9.71. The Hall–Kier alpha value is -1.22. The fourth-order valence-electron chi connectivity index (χ4n) is 2.46. The van der Waals surface area contributed by atoms with Crippen molar-refractivity contribution in [2.75, 3.05) is 23.1 Å². The van der Waals surface area contributed by atoms with Gasteiger partial charge in [-0.3, -0.25) is 4.79 Å². The molecule has 1 unspecified atom stereocenters. The molecule has 1 fully saturated rings. The second kappa shape index (κ2) is 4.57. The predicted molar refractivity (Wildman–Crippen MR) is 71.5 cm³/mol. The fraction of sp³-hybridized carbons (Fsp3) is 0.462. The standard InChI is InChI=1S/C13H17ClN2O/c1-8-3-9(2)13(11(15)4-8)16-7-10(6-14)5-12(16)17/h3-4,10H,5-7,15H2,1-2H3. The zero-order chi connectivity index (χ0) is 12.6. The van der Waals surface area contributed by atoms with Gasteiger partial charge in [-0.25, -0.2) is 0 Å². The van der Waals surface area contributed by atoms with Crippen LogP contribution in [0.3, 0.4) is 0 Å². The minimum absolute atomic E-state index is 0.120. The number of benzene rings is 1. The molecular weight excluding hydrogens is 236 g/mol. The smallest absolute Gasteiger partial charge is 0.227 e. The van der Waals surface area contributed by atoms with Crippen LogP contribution in [0.5, 0.6) is 0 Å². The van der Waals surface area contributed by atoms with Gasteiger partial charge in [-0.15, -0.1) is 11.6 Å². The zero-order valence-corrected chi connectivity index (χ0v) is 10.9. The molecule has 1 saturated heterocycles. The number of hydrogen-bond donors (Lipinski definition) is 1. The monoisotopic (exact) mass is 252 g/mol. The summed E-state index contributed by atoms with van der Waals surface area (Å²) in [7, 11) is 0. The van der Waals surface area contributed by atoms with Gasteiger partial charge in [0.1, 0.15) is 0 Å². The van der Waals surface area contributed by atoms with Crippen LogP contribution in [0.1, 0.15) is 17.5 Å². The predicted octanol–water partition coefficient (Wildman–Crippen LogP) is 2.48. The molecule has 0 radical (unpaired) electrons. The van der Waals surface area contributed by atoms with Gasteiger partial charge < -0.3 is 10.6 Å². The van der Waals surface area contributed by atoms with E-state index in [1.54, 1.807) is 4.90 Å². The first kappa shape index (κ1) is 12.2. The molecule has 1 aliphatic rings. The lowest BCUT2D eigenvalue weighted by molar-refractivity contribution is -0.117. The van der Waals surface area contributed by atoms with Crippen molar-refractivity contribution in [1.29, 1.82) is 0 Å². The van der Waals surface area contributed by atoms with Gasteiger partial charge in [0, 0.05) is 18.8 Å². The number of amides is 1. The Balaban J connectivity index is 2.38. The summed E-state index contributed by atoms with van der Waals surface area (Å²) >= 11 is 5.82. The highest BCUT2D eigenvalue weighted by atomic mass is 35.5. The van der Waals surface area contributed by atoms with Gasteiger partial charge >= 0.3 is 0 Å². The summed E-state index contributed by atoms with van der Waals surface area (Å²) in [6, 6.07) is 3.95. The van der Waals surface area contributed by atoms with E-state index < -0.39 is 0 Å². The van der Waals surface area contributed by atoms with Crippen molar-refractivity contribution in [3.05, 3.63) is 23.3 Å². The van der Waals surface area contributed by atoms with Crippen LogP contribution >= 0.6 is 11.6 Å². The van der Waals surface area contributed by atoms with Crippen molar-refractivity contribution in [1.82, 2.24) is 0 Å². The molecule has 1 heterocycles. The minimum atomic E-state index is 0.120. The average Bonchev–Trinajstić information content (AvgIpc) is 2.59. The second-order valence-corrected chi connectivity index (χ2v) is 5.06. The van der Waals surface area contributed by atoms with Gasteiger partial charge in [-0.1, -0.05) is 6.07 Å². The molecule has 1 aliphatic heterocycles. The van der Waals surface area contributed by atoms with Crippen LogP contribution in [0.4, 0.5) is 11.4 Å². The van der Waals surface area contributed by atoms with Crippen LogP contribution in [0.25, 0.3) is 0 Å². The van der Waals surface area contributed by atoms with Crippen LogP contribution in [-0.2, 0) is 4.79 Å². The second-order valence-electron chi connectivity index (χ2n) is 4.75. The van der Waals surface area contributed by atoms with Crippen LogP contribution in [-0.4, -0.2) is 18.3 Å². The van der Waals surface area contributed by atoms with Crippen LogP contribution < -0.4 is 10.6 Å². The quantitative estimate of drug-likeness (QED) is 0.649. The Bertz CT molecular complexity index is 436. The van der Waals surface area contributed by atoms with E-state index in [0.717, 1.165) is 16.8 Å². The molecule has 4 heteroatoms. The number of hydrogen-bond acceptors (Lipinski definition) is 2. The van der Waals surface area contributed by atoms with Gasteiger partial charge in [0.25, 0.3) is 0 Å². The number of carbonyl (C=O) groups is 1. The lowest BCUT2D eigenvalue weighted by atomic mass is 10.1. The molecule has 1 atom stereocenters. The van der Waals surface area contributed by atoms with E-state index in [0.29, 0.717) is 24.5 Å². The number of rotatable bonds is 2. The highest BCUT2D eigenvalue weighted by molar-refractivity contribution is 6.18. The molecule has 1 aromatic rings. The highest BCUT2D eigenvalue weighted by Gasteiger charge is 2.31. The van der Waals surface area contributed by atoms with E-state index in [9.17, 15) is 4.79 Å². The van der Waals surface area contributed by atoms with Crippen LogP contribution in [0.2, 0.25) is 0 Å². The fourth-order valence-corrected chi connectivity index (χ4v) is 2.67. The molecule has 0 saturated carbocycles. The van der Waals surface area contributed by atoms with Crippen LogP contribution in [0, 0.1) is 19.8 Å². The van der Waals surface area contributed by atoms with E-state index in [2.05, 4.69) is 0 Å². The zero-order valence-electron chi connectivity index (χ0n) is 10.2. The molecule has 2 N–H and O–H groups in total. The topological polar surface area (TPSA) is 46.3 Å². The largest absolute Gasteiger partial charge is 0.397 e. The minimum Gasteiger partial charge on any atom is -0.397 e. The number of anilines is 2. The van der Waals surface area contributed by atoms with Crippen molar-refractivity contribution in [3.63, 3.8) is 0 Å². The van der Waals surface area contributed by atoms with Gasteiger partial charge in [0.15, 0.2) is 0 Å². The number of aryl methyl sites for hydroxylation is 2. The number of nitrogens with zero attached hydrogens (tertiary/aromatic N) is 1. The number of alkyl halides is 1. The van der Waals surface area contributed by atoms with E-state index >= 15 is 0 Å². The lowest BCUT2D eigenvalue weighted by Gasteiger charge is -2.21. The lowest BCUT2D eigenvalue weighted by Crippen LogP contribution is -2.26. The molecule has 0 aromatic heterocycles. The molecule has 17 heavy (non-hydrogen) atoms. The van der Waals surface area contributed by atoms with E-state index in [1.165, 1.54) is 0 Å². The molecule has 2 rings (SSSR count). The van der Waals surface area contributed by atoms with Crippen molar-refractivity contribution < 1.29 is 4.79 Å². The summed E-state index contributed by atoms with van der Waals surface area (Å²) < 4.78 is 0. The molecular formula is C13H17ClN2O. The molecule has 0 spiro atoms. The molecule has 92 valence electrons. The van der Waals surface area contributed by atoms with Gasteiger partial charge in [-0.2, -0.15) is 0 Å². The van der Waals surface area contributed by atoms with Crippen molar-refractivity contribution >= 4 is 28.9 Å². The molecule has 0 bridgehead atoms. The van der Waals surface area contributed by atoms with Crippen LogP contribution in [0.15, 0.2) is 12.1 Å². The maximum atomic E-state index is 11.9. The maximum absolute atomic E-state index is 11.9. The molecule has 0 aliphatic carbocycles. The summed E-state index contributed by atoms with van der Waals surface area (Å²) in [5, 5.41) is 0. The first-order valence-electron chi connectivity index (χ1n) is 5.76. The maximum Gasteiger partial charge on any atom is 0.227 e. The Morgan fingerprint density at radius 2 is 2.18 bits per heavy atom. The molecule has 3 nitrogen and oxygen atoms in total. The van der Waals surface area contributed by atoms with E-state index in [-0.39, 0.29) is 11.8 Å². The summed E-state index contributed by atoms with van der Waals surface area (Å²) in [4.78, 5) is 13.7. The third-order valence-electron chi connectivity index (χ3n) is 3.17. The summed E-state index contributed by atoms with van der Waals surface area (Å²) in [6.45, 7) is 4.66. The molecule has 1 amide bonds. The van der Waals surface area contributed by atoms with E-state index in [4.69, 9.17) is 17.3 Å². The third-order valence-corrected chi connectivity index (χ3v) is 3.60. The Morgan fingerprint density at radius 1 is 1.47 bits per heavy atom. The number of carbonyl (C=O) groups excluding carboxylic acids is 1. The van der Waals surface area contributed by atoms with Crippen molar-refractivity contribution in [2.24, 2.45) is 5.92 Å². The average molecular weight is 253 g/mol. The number of nitrogen functional groups attached to an aromatic ring is 1. The van der Waals surface area contributed by atoms with Crippen molar-refractivity contribution in [2.45, 2.75) is 20.3 Å². The SMILES string of the molecule is Cc1cc(C)c(N2CC(CCl)CC2=O)c(N)c1. The first-order valence-corrected chi connectivity index (χ1v) is 6.29. The van der Waals surface area contributed by atoms with E-state index in [1.807, 2.05) is 26.0 Å². The normalized spacial score (nSPS) is 20.1. The first-order chi connectivity index (χ1) is 8.02. The van der Waals surface area contributed by atoms with Crippen molar-refractivity contribution in [3.8, 4) is 0 Å². The van der Waals surface area contributed by atoms with Gasteiger partial charge in [-0.05, 0) is 37.0 Å². The number of nitrogens with two attached hydrogens (primary N) is 1. The van der Waals surface area contributed by atoms with Gasteiger partial charge in [0.05, 0.1) is 11.4 Å². The Kier molecular flexibility index (Phi) is 3.29. The highest BCUT2D eigenvalue weighted by Crippen LogP contribution is 2.33. The Morgan fingerprint density at radius 3 is 2.71 bits per heavy atom. The third kappa shape index (κ3) is 2.25. The van der Waals surface area contributed by atoms with Gasteiger partial charge in [0.2, 0.25) is 5.91 Å².